The summed E-state index contributed by atoms with van der Waals surface area (Å²) in [4.78, 5) is 0. The summed E-state index contributed by atoms with van der Waals surface area (Å²) < 4.78 is 7.12. The Balaban J connectivity index is 2.36. The fourth-order valence-electron chi connectivity index (χ4n) is 2.25. The molecule has 0 aromatic heterocycles. The Morgan fingerprint density at radius 1 is 1.15 bits per heavy atom. The van der Waals surface area contributed by atoms with Gasteiger partial charge in [-0.25, -0.2) is 0 Å². The molecular weight excluding hydrogens is 361 g/mol. The highest BCUT2D eigenvalue weighted by molar-refractivity contribution is 14.1. The number of hydrogen-bond acceptors (Lipinski definition) is 2. The van der Waals surface area contributed by atoms with Crippen LogP contribution >= 0.6 is 22.6 Å². The molecule has 0 aliphatic heterocycles. The number of nitrogens with one attached hydrogen (secondary N) is 1. The largest absolute Gasteiger partial charge is 0.493 e. The molecule has 3 heteroatoms. The molecule has 1 N–H and O–H groups in total. The quantitative estimate of drug-likeness (QED) is 0.750. The molecule has 1 atom stereocenters. The van der Waals surface area contributed by atoms with Gasteiger partial charge in [0, 0.05) is 9.13 Å². The van der Waals surface area contributed by atoms with E-state index in [0.717, 1.165) is 18.8 Å². The van der Waals surface area contributed by atoms with E-state index in [0.29, 0.717) is 0 Å². The second-order valence-electron chi connectivity index (χ2n) is 4.66. The number of para-hydroxylation sites is 1. The van der Waals surface area contributed by atoms with Crippen molar-refractivity contribution in [2.24, 2.45) is 0 Å². The van der Waals surface area contributed by atoms with E-state index in [-0.39, 0.29) is 6.04 Å². The number of halogens is 1. The summed E-state index contributed by atoms with van der Waals surface area (Å²) in [5.74, 6) is 0.965. The van der Waals surface area contributed by atoms with Gasteiger partial charge in [-0.3, -0.25) is 0 Å². The Labute approximate surface area is 134 Å². The van der Waals surface area contributed by atoms with Gasteiger partial charge in [0.15, 0.2) is 0 Å². The topological polar surface area (TPSA) is 21.3 Å². The third-order valence-corrected chi connectivity index (χ3v) is 3.83. The van der Waals surface area contributed by atoms with Crippen molar-refractivity contribution in [1.29, 1.82) is 0 Å². The average molecular weight is 381 g/mol. The van der Waals surface area contributed by atoms with Crippen LogP contribution in [0.4, 0.5) is 0 Å². The summed E-state index contributed by atoms with van der Waals surface area (Å²) in [6.45, 7) is 2.87. The normalized spacial score (nSPS) is 12.2. The van der Waals surface area contributed by atoms with Gasteiger partial charge in [0.25, 0.3) is 0 Å². The zero-order valence-corrected chi connectivity index (χ0v) is 14.1. The molecule has 20 heavy (non-hydrogen) atoms. The molecule has 0 heterocycles. The van der Waals surface area contributed by atoms with Crippen molar-refractivity contribution in [3.63, 3.8) is 0 Å². The lowest BCUT2D eigenvalue weighted by atomic mass is 9.98. The first-order valence-electron chi connectivity index (χ1n) is 6.90. The number of rotatable bonds is 6. The van der Waals surface area contributed by atoms with Gasteiger partial charge in [-0.15, -0.1) is 0 Å². The highest BCUT2D eigenvalue weighted by Crippen LogP contribution is 2.30. The van der Waals surface area contributed by atoms with Crippen LogP contribution in [0.15, 0.2) is 48.5 Å². The van der Waals surface area contributed by atoms with E-state index in [1.54, 1.807) is 0 Å². The van der Waals surface area contributed by atoms with Gasteiger partial charge in [0.1, 0.15) is 5.75 Å². The minimum Gasteiger partial charge on any atom is -0.493 e. The van der Waals surface area contributed by atoms with Crippen molar-refractivity contribution in [3.05, 3.63) is 63.2 Å². The first-order valence-corrected chi connectivity index (χ1v) is 7.98. The van der Waals surface area contributed by atoms with Crippen molar-refractivity contribution < 1.29 is 4.74 Å². The molecule has 0 saturated heterocycles. The van der Waals surface area contributed by atoms with Crippen molar-refractivity contribution in [2.75, 3.05) is 13.7 Å². The second kappa shape index (κ2) is 7.64. The van der Waals surface area contributed by atoms with Crippen molar-refractivity contribution in [2.45, 2.75) is 19.4 Å². The summed E-state index contributed by atoms with van der Waals surface area (Å²) in [5.41, 5.74) is 2.44. The standard InChI is InChI=1S/C17H20INO/c1-3-11-20-16-10-5-4-9-15(16)17(19-2)13-7-6-8-14(18)12-13/h4-10,12,17,19H,3,11H2,1-2H3. The van der Waals surface area contributed by atoms with Gasteiger partial charge in [-0.05, 0) is 59.8 Å². The van der Waals surface area contributed by atoms with E-state index in [9.17, 15) is 0 Å². The first-order chi connectivity index (χ1) is 9.76. The van der Waals surface area contributed by atoms with Crippen LogP contribution in [-0.2, 0) is 0 Å². The highest BCUT2D eigenvalue weighted by atomic mass is 127. The van der Waals surface area contributed by atoms with Crippen LogP contribution < -0.4 is 10.1 Å². The molecule has 0 bridgehead atoms. The molecule has 2 aromatic rings. The first kappa shape index (κ1) is 15.3. The maximum Gasteiger partial charge on any atom is 0.124 e. The predicted octanol–water partition coefficient (Wildman–Crippen LogP) is 4.39. The molecule has 0 fully saturated rings. The number of ether oxygens (including phenoxy) is 1. The third kappa shape index (κ3) is 3.73. The zero-order chi connectivity index (χ0) is 14.4. The molecule has 1 unspecified atom stereocenters. The van der Waals surface area contributed by atoms with Crippen molar-refractivity contribution in [3.8, 4) is 5.75 Å². The van der Waals surface area contributed by atoms with Crippen LogP contribution in [0, 0.1) is 3.57 Å². The second-order valence-corrected chi connectivity index (χ2v) is 5.91. The zero-order valence-electron chi connectivity index (χ0n) is 11.9. The Hall–Kier alpha value is -1.07. The molecule has 0 aliphatic carbocycles. The molecule has 0 spiro atoms. The summed E-state index contributed by atoms with van der Waals surface area (Å²) >= 11 is 2.35. The molecule has 0 radical (unpaired) electrons. The van der Waals surface area contributed by atoms with E-state index in [1.807, 2.05) is 19.2 Å². The Morgan fingerprint density at radius 2 is 1.95 bits per heavy atom. The summed E-state index contributed by atoms with van der Waals surface area (Å²) in [6, 6.07) is 17.0. The van der Waals surface area contributed by atoms with E-state index in [1.165, 1.54) is 14.7 Å². The highest BCUT2D eigenvalue weighted by Gasteiger charge is 2.16. The van der Waals surface area contributed by atoms with E-state index in [4.69, 9.17) is 4.74 Å². The maximum atomic E-state index is 5.88. The summed E-state index contributed by atoms with van der Waals surface area (Å²) in [5, 5.41) is 3.40. The van der Waals surface area contributed by atoms with Crippen LogP contribution in [0.25, 0.3) is 0 Å². The van der Waals surface area contributed by atoms with E-state index in [2.05, 4.69) is 71.2 Å². The van der Waals surface area contributed by atoms with Crippen LogP contribution in [0.2, 0.25) is 0 Å². The van der Waals surface area contributed by atoms with E-state index >= 15 is 0 Å². The van der Waals surface area contributed by atoms with Crippen molar-refractivity contribution in [1.82, 2.24) is 5.32 Å². The number of hydrogen-bond donors (Lipinski definition) is 1. The Bertz CT molecular complexity index is 556. The van der Waals surface area contributed by atoms with E-state index < -0.39 is 0 Å². The van der Waals surface area contributed by atoms with Gasteiger partial charge in [-0.2, -0.15) is 0 Å². The predicted molar refractivity (Wildman–Crippen MR) is 92.3 cm³/mol. The SMILES string of the molecule is CCCOc1ccccc1C(NC)c1cccc(I)c1. The lowest BCUT2D eigenvalue weighted by Gasteiger charge is -2.21. The molecule has 0 aliphatic rings. The average Bonchev–Trinajstić information content (AvgIpc) is 2.47. The fourth-order valence-corrected chi connectivity index (χ4v) is 2.82. The lowest BCUT2D eigenvalue weighted by molar-refractivity contribution is 0.312. The number of benzene rings is 2. The van der Waals surface area contributed by atoms with Gasteiger partial charge in [0.05, 0.1) is 12.6 Å². The monoisotopic (exact) mass is 381 g/mol. The van der Waals surface area contributed by atoms with Crippen molar-refractivity contribution >= 4 is 22.6 Å². The smallest absolute Gasteiger partial charge is 0.124 e. The van der Waals surface area contributed by atoms with Gasteiger partial charge >= 0.3 is 0 Å². The van der Waals surface area contributed by atoms with Crippen LogP contribution in [-0.4, -0.2) is 13.7 Å². The minimum atomic E-state index is 0.151. The van der Waals surface area contributed by atoms with Gasteiger partial charge in [0.2, 0.25) is 0 Å². The molecule has 2 rings (SSSR count). The summed E-state index contributed by atoms with van der Waals surface area (Å²) in [6.07, 6.45) is 1.02. The molecule has 0 amide bonds. The van der Waals surface area contributed by atoms with Crippen LogP contribution in [0.1, 0.15) is 30.5 Å². The fraction of sp³-hybridized carbons (Fsp3) is 0.294. The molecular formula is C17H20INO. The Morgan fingerprint density at radius 3 is 2.65 bits per heavy atom. The van der Waals surface area contributed by atoms with Crippen LogP contribution in [0.5, 0.6) is 5.75 Å². The van der Waals surface area contributed by atoms with Gasteiger partial charge in [-0.1, -0.05) is 37.3 Å². The summed E-state index contributed by atoms with van der Waals surface area (Å²) in [7, 11) is 1.99. The lowest BCUT2D eigenvalue weighted by Crippen LogP contribution is -2.18. The minimum absolute atomic E-state index is 0.151. The molecule has 2 aromatic carbocycles. The molecule has 106 valence electrons. The molecule has 0 saturated carbocycles. The third-order valence-electron chi connectivity index (χ3n) is 3.16. The van der Waals surface area contributed by atoms with Gasteiger partial charge < -0.3 is 10.1 Å². The van der Waals surface area contributed by atoms with Crippen LogP contribution in [0.3, 0.4) is 0 Å². The Kier molecular flexibility index (Phi) is 5.86. The molecule has 2 nitrogen and oxygen atoms in total. The maximum absolute atomic E-state index is 5.88.